The second-order valence-corrected chi connectivity index (χ2v) is 9.90. The third kappa shape index (κ3) is 4.78. The van der Waals surface area contributed by atoms with Gasteiger partial charge >= 0.3 is 0 Å². The summed E-state index contributed by atoms with van der Waals surface area (Å²) in [4.78, 5) is 39.4. The van der Waals surface area contributed by atoms with Crippen molar-refractivity contribution in [2.45, 2.75) is 83.9 Å². The van der Waals surface area contributed by atoms with Gasteiger partial charge in [-0.25, -0.2) is 4.39 Å². The van der Waals surface area contributed by atoms with Gasteiger partial charge in [-0.2, -0.15) is 0 Å². The summed E-state index contributed by atoms with van der Waals surface area (Å²) in [5.41, 5.74) is 2.07. The first-order chi connectivity index (χ1) is 16.1. The molecule has 2 aliphatic rings. The van der Waals surface area contributed by atoms with E-state index in [1.165, 1.54) is 12.1 Å². The maximum absolute atomic E-state index is 13.6. The number of Topliss-reactive ketones (excluding diaryl/α,β-unsaturated/α-hetero) is 1. The SMILES string of the molecule is Cc1cc(NC(=O)c2c(C)c(C(=O)C(=O)NC3CCC(C)(O)CC3)n3c2CCCC3)ccc1F. The summed E-state index contributed by atoms with van der Waals surface area (Å²) in [5, 5.41) is 15.8. The first-order valence-corrected chi connectivity index (χ1v) is 11.9. The van der Waals surface area contributed by atoms with Gasteiger partial charge in [-0.05, 0) is 95.0 Å². The summed E-state index contributed by atoms with van der Waals surface area (Å²) in [6.45, 7) is 5.68. The Morgan fingerprint density at radius 2 is 1.85 bits per heavy atom. The molecule has 4 rings (SSSR count). The van der Waals surface area contributed by atoms with Crippen molar-refractivity contribution in [1.29, 1.82) is 0 Å². The van der Waals surface area contributed by atoms with E-state index in [9.17, 15) is 23.9 Å². The van der Waals surface area contributed by atoms with E-state index >= 15 is 0 Å². The molecular formula is C26H32FN3O4. The molecule has 0 atom stereocenters. The van der Waals surface area contributed by atoms with Gasteiger partial charge in [0.2, 0.25) is 0 Å². The van der Waals surface area contributed by atoms with Crippen molar-refractivity contribution >= 4 is 23.3 Å². The van der Waals surface area contributed by atoms with Gasteiger partial charge in [0.1, 0.15) is 5.82 Å². The molecule has 2 amide bonds. The van der Waals surface area contributed by atoms with Gasteiger partial charge in [0.05, 0.1) is 16.9 Å². The van der Waals surface area contributed by atoms with Crippen LogP contribution in [0.2, 0.25) is 0 Å². The molecule has 1 aromatic heterocycles. The number of carbonyl (C=O) groups is 3. The van der Waals surface area contributed by atoms with E-state index in [0.29, 0.717) is 61.0 Å². The molecule has 1 aliphatic heterocycles. The molecule has 0 bridgehead atoms. The molecule has 0 saturated heterocycles. The average Bonchev–Trinajstić information content (AvgIpc) is 3.09. The molecule has 1 saturated carbocycles. The fourth-order valence-electron chi connectivity index (χ4n) is 5.13. The van der Waals surface area contributed by atoms with Gasteiger partial charge in [-0.15, -0.1) is 0 Å². The molecule has 34 heavy (non-hydrogen) atoms. The van der Waals surface area contributed by atoms with Crippen LogP contribution in [0.3, 0.4) is 0 Å². The highest BCUT2D eigenvalue weighted by Crippen LogP contribution is 2.31. The summed E-state index contributed by atoms with van der Waals surface area (Å²) in [7, 11) is 0. The Balaban J connectivity index is 1.58. The molecule has 1 aliphatic carbocycles. The third-order valence-corrected chi connectivity index (χ3v) is 7.12. The minimum atomic E-state index is -0.728. The highest BCUT2D eigenvalue weighted by Gasteiger charge is 2.34. The van der Waals surface area contributed by atoms with Gasteiger partial charge in [0, 0.05) is 24.0 Å². The van der Waals surface area contributed by atoms with E-state index in [-0.39, 0.29) is 23.5 Å². The van der Waals surface area contributed by atoms with E-state index in [0.717, 1.165) is 18.5 Å². The Kier molecular flexibility index (Phi) is 6.62. The molecule has 2 heterocycles. The smallest absolute Gasteiger partial charge is 0.294 e. The van der Waals surface area contributed by atoms with Crippen LogP contribution in [0.15, 0.2) is 18.2 Å². The standard InChI is InChI=1S/C26H32FN3O4/c1-15-14-18(7-8-19(15)27)29-24(32)21-16(2)22(30-13-5-4-6-20(21)30)23(31)25(33)28-17-9-11-26(3,34)12-10-17/h7-8,14,17,34H,4-6,9-13H2,1-3H3,(H,28,33)(H,29,32). The minimum absolute atomic E-state index is 0.155. The zero-order valence-corrected chi connectivity index (χ0v) is 20.0. The Hall–Kier alpha value is -3.00. The highest BCUT2D eigenvalue weighted by atomic mass is 19.1. The number of hydrogen-bond acceptors (Lipinski definition) is 4. The van der Waals surface area contributed by atoms with E-state index in [4.69, 9.17) is 0 Å². The van der Waals surface area contributed by atoms with Gasteiger partial charge in [0.15, 0.2) is 0 Å². The van der Waals surface area contributed by atoms with Crippen LogP contribution < -0.4 is 10.6 Å². The predicted molar refractivity (Wildman–Crippen MR) is 127 cm³/mol. The molecule has 0 radical (unpaired) electrons. The summed E-state index contributed by atoms with van der Waals surface area (Å²) < 4.78 is 15.4. The van der Waals surface area contributed by atoms with Crippen LogP contribution in [0.5, 0.6) is 0 Å². The van der Waals surface area contributed by atoms with Gasteiger partial charge in [-0.1, -0.05) is 0 Å². The average molecular weight is 470 g/mol. The molecule has 2 aromatic rings. The number of rotatable bonds is 5. The maximum atomic E-state index is 13.6. The van der Waals surface area contributed by atoms with Crippen LogP contribution in [-0.4, -0.2) is 38.9 Å². The molecule has 1 fully saturated rings. The number of halogens is 1. The highest BCUT2D eigenvalue weighted by molar-refractivity contribution is 6.43. The minimum Gasteiger partial charge on any atom is -0.390 e. The molecule has 3 N–H and O–H groups in total. The molecule has 182 valence electrons. The Bertz CT molecular complexity index is 1140. The van der Waals surface area contributed by atoms with Crippen LogP contribution in [0, 0.1) is 19.7 Å². The number of ketones is 1. The van der Waals surface area contributed by atoms with Crippen LogP contribution >= 0.6 is 0 Å². The largest absolute Gasteiger partial charge is 0.390 e. The summed E-state index contributed by atoms with van der Waals surface area (Å²) in [5.74, 6) is -2.05. The fraction of sp³-hybridized carbons (Fsp3) is 0.500. The number of nitrogens with zero attached hydrogens (tertiary/aromatic N) is 1. The second kappa shape index (κ2) is 9.33. The topological polar surface area (TPSA) is 100 Å². The quantitative estimate of drug-likeness (QED) is 0.458. The van der Waals surface area contributed by atoms with Crippen molar-refractivity contribution in [2.24, 2.45) is 0 Å². The van der Waals surface area contributed by atoms with E-state index in [1.807, 2.05) is 4.57 Å². The summed E-state index contributed by atoms with van der Waals surface area (Å²) in [6.07, 6.45) is 4.75. The lowest BCUT2D eigenvalue weighted by Gasteiger charge is -2.33. The van der Waals surface area contributed by atoms with E-state index in [1.54, 1.807) is 26.8 Å². The van der Waals surface area contributed by atoms with Crippen LogP contribution in [-0.2, 0) is 17.8 Å². The van der Waals surface area contributed by atoms with Crippen molar-refractivity contribution in [3.8, 4) is 0 Å². The number of fused-ring (bicyclic) bond motifs is 1. The van der Waals surface area contributed by atoms with Gasteiger partial charge in [0.25, 0.3) is 17.6 Å². The van der Waals surface area contributed by atoms with Crippen molar-refractivity contribution in [2.75, 3.05) is 5.32 Å². The number of anilines is 1. The molecule has 8 heteroatoms. The lowest BCUT2D eigenvalue weighted by atomic mass is 9.83. The molecular weight excluding hydrogens is 437 g/mol. The monoisotopic (exact) mass is 469 g/mol. The molecule has 7 nitrogen and oxygen atoms in total. The molecule has 1 aromatic carbocycles. The lowest BCUT2D eigenvalue weighted by Crippen LogP contribution is -2.44. The van der Waals surface area contributed by atoms with Crippen LogP contribution in [0.1, 0.15) is 83.1 Å². The number of carbonyl (C=O) groups excluding carboxylic acids is 3. The van der Waals surface area contributed by atoms with Gasteiger partial charge in [-0.3, -0.25) is 14.4 Å². The summed E-state index contributed by atoms with van der Waals surface area (Å²) >= 11 is 0. The normalized spacial score (nSPS) is 22.1. The maximum Gasteiger partial charge on any atom is 0.294 e. The van der Waals surface area contributed by atoms with Gasteiger partial charge < -0.3 is 20.3 Å². The van der Waals surface area contributed by atoms with Crippen molar-refractivity contribution < 1.29 is 23.9 Å². The predicted octanol–water partition coefficient (Wildman–Crippen LogP) is 3.83. The number of aryl methyl sites for hydroxylation is 1. The Labute approximate surface area is 198 Å². The van der Waals surface area contributed by atoms with E-state index < -0.39 is 17.3 Å². The Morgan fingerprint density at radius 1 is 1.15 bits per heavy atom. The Morgan fingerprint density at radius 3 is 2.53 bits per heavy atom. The second-order valence-electron chi connectivity index (χ2n) is 9.90. The fourth-order valence-corrected chi connectivity index (χ4v) is 5.13. The third-order valence-electron chi connectivity index (χ3n) is 7.12. The number of hydrogen-bond donors (Lipinski definition) is 3. The molecule has 0 unspecified atom stereocenters. The molecule has 0 spiro atoms. The number of aliphatic hydroxyl groups is 1. The zero-order chi connectivity index (χ0) is 24.6. The first-order valence-electron chi connectivity index (χ1n) is 11.9. The van der Waals surface area contributed by atoms with Crippen molar-refractivity contribution in [3.05, 3.63) is 52.1 Å². The van der Waals surface area contributed by atoms with Crippen molar-refractivity contribution in [3.63, 3.8) is 0 Å². The van der Waals surface area contributed by atoms with Crippen LogP contribution in [0.25, 0.3) is 0 Å². The lowest BCUT2D eigenvalue weighted by molar-refractivity contribution is -0.118. The number of amides is 2. The van der Waals surface area contributed by atoms with Crippen LogP contribution in [0.4, 0.5) is 10.1 Å². The number of aromatic nitrogens is 1. The van der Waals surface area contributed by atoms with E-state index in [2.05, 4.69) is 10.6 Å². The summed E-state index contributed by atoms with van der Waals surface area (Å²) in [6, 6.07) is 4.21. The number of benzene rings is 1. The first kappa shape index (κ1) is 24.1. The zero-order valence-electron chi connectivity index (χ0n) is 20.0. The van der Waals surface area contributed by atoms with Crippen molar-refractivity contribution in [1.82, 2.24) is 9.88 Å². The number of nitrogens with one attached hydrogen (secondary N) is 2.